The van der Waals surface area contributed by atoms with E-state index in [4.69, 9.17) is 9.84 Å². The van der Waals surface area contributed by atoms with Gasteiger partial charge < -0.3 is 9.84 Å². The summed E-state index contributed by atoms with van der Waals surface area (Å²) >= 11 is 0. The minimum absolute atomic E-state index is 0.133. The van der Waals surface area contributed by atoms with E-state index in [2.05, 4.69) is 19.9 Å². The van der Waals surface area contributed by atoms with Crippen molar-refractivity contribution < 1.29 is 14.6 Å². The van der Waals surface area contributed by atoms with Crippen LogP contribution in [-0.2, 0) is 9.53 Å². The molecule has 6 atom stereocenters. The summed E-state index contributed by atoms with van der Waals surface area (Å²) in [5.41, 5.74) is 2.63. The zero-order valence-electron chi connectivity index (χ0n) is 19.0. The van der Waals surface area contributed by atoms with E-state index in [1.165, 1.54) is 44.9 Å². The average Bonchev–Trinajstić information content (AvgIpc) is 3.12. The Labute approximate surface area is 173 Å². The van der Waals surface area contributed by atoms with Crippen LogP contribution in [0.4, 0.5) is 0 Å². The zero-order chi connectivity index (χ0) is 20.8. The number of rotatable bonds is 3. The van der Waals surface area contributed by atoms with Gasteiger partial charge in [-0.25, -0.2) is 0 Å². The largest absolute Gasteiger partial charge is 0.464 e. The van der Waals surface area contributed by atoms with E-state index >= 15 is 0 Å². The fourth-order valence-electron chi connectivity index (χ4n) is 6.82. The van der Waals surface area contributed by atoms with Gasteiger partial charge in [0, 0.05) is 13.0 Å². The predicted octanol–water partition coefficient (Wildman–Crippen LogP) is 6.30. The number of hydrogen-bond donors (Lipinski definition) is 1. The number of hydrogen-bond acceptors (Lipinski definition) is 3. The standard InChI is InChI=1S/C20H30O2.C3H8O.C2H6/c1-19-9-3-4-17(19)16-6-5-14-12-15(22-13-21)7-11-20(14,2)18(16)8-10-19;1-2-3-4;1-2/h5,13,15-18H,3-4,6-12H2,1-2H3;4H,2-3H2,1H3;1-2H3. The topological polar surface area (TPSA) is 46.5 Å². The summed E-state index contributed by atoms with van der Waals surface area (Å²) in [6.45, 7) is 12.0. The maximum atomic E-state index is 10.7. The molecule has 1 N–H and O–H groups in total. The normalized spacial score (nSPS) is 40.9. The quantitative estimate of drug-likeness (QED) is 0.453. The second-order valence-corrected chi connectivity index (χ2v) is 9.67. The Bertz CT molecular complexity index is 526. The Hall–Kier alpha value is -0.830. The Morgan fingerprint density at radius 1 is 1.14 bits per heavy atom. The van der Waals surface area contributed by atoms with Crippen molar-refractivity contribution >= 4 is 6.47 Å². The van der Waals surface area contributed by atoms with Crippen molar-refractivity contribution in [2.45, 2.75) is 105 Å². The maximum absolute atomic E-state index is 10.7. The highest BCUT2D eigenvalue weighted by Gasteiger charge is 2.55. The molecule has 6 unspecified atom stereocenters. The molecule has 0 heterocycles. The third kappa shape index (κ3) is 4.50. The Kier molecular flexibility index (Phi) is 8.60. The fourth-order valence-corrected chi connectivity index (χ4v) is 6.82. The minimum atomic E-state index is 0.133. The molecule has 3 heteroatoms. The van der Waals surface area contributed by atoms with Crippen molar-refractivity contribution in [3.63, 3.8) is 0 Å². The van der Waals surface area contributed by atoms with Gasteiger partial charge >= 0.3 is 0 Å². The molecule has 0 aromatic heterocycles. The van der Waals surface area contributed by atoms with Crippen molar-refractivity contribution in [2.75, 3.05) is 6.61 Å². The number of aliphatic hydroxyl groups is 1. The molecule has 4 aliphatic rings. The Balaban J connectivity index is 0.000000419. The molecule has 4 rings (SSSR count). The number of carbonyl (C=O) groups excluding carboxylic acids is 1. The first-order valence-electron chi connectivity index (χ1n) is 11.9. The smallest absolute Gasteiger partial charge is 0.293 e. The molecule has 3 nitrogen and oxygen atoms in total. The van der Waals surface area contributed by atoms with Crippen LogP contribution in [0.2, 0.25) is 0 Å². The molecule has 0 aromatic rings. The van der Waals surface area contributed by atoms with E-state index in [9.17, 15) is 4.79 Å². The molecule has 162 valence electrons. The highest BCUT2D eigenvalue weighted by atomic mass is 16.5. The predicted molar refractivity (Wildman–Crippen MR) is 116 cm³/mol. The molecule has 0 radical (unpaired) electrons. The first kappa shape index (κ1) is 23.4. The molecule has 4 aliphatic carbocycles. The van der Waals surface area contributed by atoms with Crippen LogP contribution in [0.25, 0.3) is 0 Å². The van der Waals surface area contributed by atoms with Gasteiger partial charge in [0.2, 0.25) is 0 Å². The third-order valence-corrected chi connectivity index (χ3v) is 8.31. The summed E-state index contributed by atoms with van der Waals surface area (Å²) in [6, 6.07) is 0. The van der Waals surface area contributed by atoms with E-state index in [1.807, 2.05) is 20.8 Å². The van der Waals surface area contributed by atoms with Crippen LogP contribution in [-0.4, -0.2) is 24.3 Å². The minimum Gasteiger partial charge on any atom is -0.464 e. The molecule has 0 aromatic carbocycles. The van der Waals surface area contributed by atoms with Crippen LogP contribution < -0.4 is 0 Å². The van der Waals surface area contributed by atoms with Crippen molar-refractivity contribution in [3.8, 4) is 0 Å². The molecule has 0 spiro atoms. The SMILES string of the molecule is CC.CC12CCCC1C1CC=C3CC(OC=O)CCC3(C)C1CC2.CCCO. The summed E-state index contributed by atoms with van der Waals surface area (Å²) in [5, 5.41) is 7.88. The number of carbonyl (C=O) groups is 1. The van der Waals surface area contributed by atoms with E-state index in [0.717, 1.165) is 37.0 Å². The molecule has 28 heavy (non-hydrogen) atoms. The highest BCUT2D eigenvalue weighted by Crippen LogP contribution is 2.64. The number of ether oxygens (including phenoxy) is 1. The second-order valence-electron chi connectivity index (χ2n) is 9.67. The van der Waals surface area contributed by atoms with Crippen LogP contribution in [0.1, 0.15) is 98.8 Å². The third-order valence-electron chi connectivity index (χ3n) is 8.31. The molecule has 0 amide bonds. The van der Waals surface area contributed by atoms with Gasteiger partial charge in [0.1, 0.15) is 6.10 Å². The number of fused-ring (bicyclic) bond motifs is 5. The zero-order valence-corrected chi connectivity index (χ0v) is 19.0. The lowest BCUT2D eigenvalue weighted by atomic mass is 9.48. The molecular weight excluding hydrogens is 348 g/mol. The van der Waals surface area contributed by atoms with Crippen molar-refractivity contribution in [2.24, 2.45) is 28.6 Å². The molecular formula is C25H44O3. The summed E-state index contributed by atoms with van der Waals surface area (Å²) < 4.78 is 5.28. The monoisotopic (exact) mass is 392 g/mol. The van der Waals surface area contributed by atoms with E-state index in [0.29, 0.717) is 23.9 Å². The van der Waals surface area contributed by atoms with Gasteiger partial charge in [0.25, 0.3) is 6.47 Å². The number of allylic oxidation sites excluding steroid dienone is 1. The fraction of sp³-hybridized carbons (Fsp3) is 0.880. The summed E-state index contributed by atoms with van der Waals surface area (Å²) in [7, 11) is 0. The second kappa shape index (κ2) is 10.3. The van der Waals surface area contributed by atoms with Crippen LogP contribution in [0.5, 0.6) is 0 Å². The molecule has 3 saturated carbocycles. The van der Waals surface area contributed by atoms with Crippen molar-refractivity contribution in [1.29, 1.82) is 0 Å². The first-order valence-corrected chi connectivity index (χ1v) is 11.9. The summed E-state index contributed by atoms with van der Waals surface area (Å²) in [5.74, 6) is 2.75. The van der Waals surface area contributed by atoms with Gasteiger partial charge in [-0.15, -0.1) is 0 Å². The maximum Gasteiger partial charge on any atom is 0.293 e. The van der Waals surface area contributed by atoms with Crippen molar-refractivity contribution in [3.05, 3.63) is 11.6 Å². The van der Waals surface area contributed by atoms with Crippen LogP contribution >= 0.6 is 0 Å². The summed E-state index contributed by atoms with van der Waals surface area (Å²) in [6.07, 6.45) is 15.3. The first-order chi connectivity index (χ1) is 13.5. The number of aliphatic hydroxyl groups excluding tert-OH is 1. The van der Waals surface area contributed by atoms with Gasteiger partial charge in [0.05, 0.1) is 0 Å². The van der Waals surface area contributed by atoms with Crippen LogP contribution in [0, 0.1) is 28.6 Å². The van der Waals surface area contributed by atoms with Gasteiger partial charge in [0.15, 0.2) is 0 Å². The molecule has 0 saturated heterocycles. The Morgan fingerprint density at radius 2 is 1.86 bits per heavy atom. The Morgan fingerprint density at radius 3 is 2.50 bits per heavy atom. The lowest BCUT2D eigenvalue weighted by Crippen LogP contribution is -2.49. The molecule has 0 aliphatic heterocycles. The van der Waals surface area contributed by atoms with E-state index in [1.54, 1.807) is 5.57 Å². The van der Waals surface area contributed by atoms with Crippen LogP contribution in [0.15, 0.2) is 11.6 Å². The lowest BCUT2D eigenvalue weighted by molar-refractivity contribution is -0.135. The van der Waals surface area contributed by atoms with Gasteiger partial charge in [-0.3, -0.25) is 4.79 Å². The molecule has 0 bridgehead atoms. The van der Waals surface area contributed by atoms with E-state index < -0.39 is 0 Å². The highest BCUT2D eigenvalue weighted by molar-refractivity contribution is 5.38. The summed E-state index contributed by atoms with van der Waals surface area (Å²) in [4.78, 5) is 10.7. The van der Waals surface area contributed by atoms with Gasteiger partial charge in [-0.2, -0.15) is 0 Å². The van der Waals surface area contributed by atoms with E-state index in [-0.39, 0.29) is 6.10 Å². The lowest BCUT2D eigenvalue weighted by Gasteiger charge is -2.57. The van der Waals surface area contributed by atoms with Crippen LogP contribution in [0.3, 0.4) is 0 Å². The van der Waals surface area contributed by atoms with Gasteiger partial charge in [-0.1, -0.05) is 52.7 Å². The van der Waals surface area contributed by atoms with Gasteiger partial charge in [-0.05, 0) is 80.0 Å². The average molecular weight is 393 g/mol. The molecule has 3 fully saturated rings. The van der Waals surface area contributed by atoms with Crippen molar-refractivity contribution in [1.82, 2.24) is 0 Å².